The van der Waals surface area contributed by atoms with Gasteiger partial charge >= 0.3 is 0 Å². The molecule has 0 spiro atoms. The summed E-state index contributed by atoms with van der Waals surface area (Å²) in [7, 11) is 1.67. The van der Waals surface area contributed by atoms with Gasteiger partial charge in [0.15, 0.2) is 6.29 Å². The Morgan fingerprint density at radius 2 is 1.95 bits per heavy atom. The third-order valence-electron chi connectivity index (χ3n) is 4.23. The molecule has 2 rings (SSSR count). The summed E-state index contributed by atoms with van der Waals surface area (Å²) in [5, 5.41) is 0. The molecule has 0 saturated carbocycles. The second kappa shape index (κ2) is 9.13. The number of ether oxygens (including phenoxy) is 3. The van der Waals surface area contributed by atoms with Crippen LogP contribution in [0.4, 0.5) is 0 Å². The van der Waals surface area contributed by atoms with Gasteiger partial charge in [-0.05, 0) is 37.0 Å². The first kappa shape index (κ1) is 17.3. The highest BCUT2D eigenvalue weighted by molar-refractivity contribution is 5.26. The van der Waals surface area contributed by atoms with Crippen molar-refractivity contribution in [3.8, 4) is 5.75 Å². The molecule has 1 fully saturated rings. The van der Waals surface area contributed by atoms with Crippen LogP contribution >= 0.6 is 0 Å². The maximum Gasteiger partial charge on any atom is 0.158 e. The highest BCUT2D eigenvalue weighted by Crippen LogP contribution is 2.24. The third-order valence-corrected chi connectivity index (χ3v) is 4.23. The van der Waals surface area contributed by atoms with E-state index in [0.717, 1.165) is 30.6 Å². The van der Waals surface area contributed by atoms with Gasteiger partial charge in [0.25, 0.3) is 0 Å². The topological polar surface area (TPSA) is 53.7 Å². The van der Waals surface area contributed by atoms with E-state index in [4.69, 9.17) is 19.9 Å². The van der Waals surface area contributed by atoms with Crippen LogP contribution in [0.1, 0.15) is 51.0 Å². The number of rotatable bonds is 8. The summed E-state index contributed by atoms with van der Waals surface area (Å²) in [6.45, 7) is 2.77. The maximum atomic E-state index is 6.17. The number of unbranched alkanes of at least 4 members (excludes halogenated alkanes) is 2. The van der Waals surface area contributed by atoms with Gasteiger partial charge in [0.2, 0.25) is 0 Å². The van der Waals surface area contributed by atoms with Gasteiger partial charge in [0.05, 0.1) is 19.8 Å². The summed E-state index contributed by atoms with van der Waals surface area (Å²) in [5.74, 6) is 0.861. The highest BCUT2D eigenvalue weighted by Gasteiger charge is 2.28. The van der Waals surface area contributed by atoms with Crippen molar-refractivity contribution in [2.45, 2.75) is 70.5 Å². The molecule has 0 radical (unpaired) electrons. The molecule has 2 N–H and O–H groups in total. The minimum Gasteiger partial charge on any atom is -0.497 e. The van der Waals surface area contributed by atoms with E-state index < -0.39 is 0 Å². The first-order valence-electron chi connectivity index (χ1n) is 8.38. The first-order valence-corrected chi connectivity index (χ1v) is 8.38. The van der Waals surface area contributed by atoms with E-state index in [0.29, 0.717) is 6.61 Å². The second-order valence-corrected chi connectivity index (χ2v) is 6.00. The zero-order chi connectivity index (χ0) is 15.8. The largest absolute Gasteiger partial charge is 0.497 e. The lowest BCUT2D eigenvalue weighted by molar-refractivity contribution is -0.205. The first-order chi connectivity index (χ1) is 10.7. The van der Waals surface area contributed by atoms with Crippen LogP contribution < -0.4 is 10.5 Å². The van der Waals surface area contributed by atoms with Gasteiger partial charge in [0.1, 0.15) is 5.75 Å². The van der Waals surface area contributed by atoms with Gasteiger partial charge in [0, 0.05) is 6.04 Å². The fraction of sp³-hybridized carbons (Fsp3) is 0.667. The second-order valence-electron chi connectivity index (χ2n) is 6.00. The molecule has 0 unspecified atom stereocenters. The Bertz CT molecular complexity index is 421. The number of benzene rings is 1. The highest BCUT2D eigenvalue weighted by atomic mass is 16.7. The number of methoxy groups -OCH3 is 1. The zero-order valence-corrected chi connectivity index (χ0v) is 13.8. The molecule has 124 valence electrons. The molecule has 0 bridgehead atoms. The number of hydrogen-bond donors (Lipinski definition) is 1. The van der Waals surface area contributed by atoms with Crippen LogP contribution in [0.25, 0.3) is 0 Å². The van der Waals surface area contributed by atoms with Crippen molar-refractivity contribution in [3.63, 3.8) is 0 Å². The van der Waals surface area contributed by atoms with Gasteiger partial charge in [-0.25, -0.2) is 0 Å². The Hall–Kier alpha value is -1.10. The van der Waals surface area contributed by atoms with Gasteiger partial charge in [-0.3, -0.25) is 0 Å². The molecule has 4 heteroatoms. The van der Waals surface area contributed by atoms with Crippen molar-refractivity contribution in [2.24, 2.45) is 5.73 Å². The van der Waals surface area contributed by atoms with Gasteiger partial charge in [-0.15, -0.1) is 0 Å². The summed E-state index contributed by atoms with van der Waals surface area (Å²) in [4.78, 5) is 0. The van der Waals surface area contributed by atoms with Crippen molar-refractivity contribution < 1.29 is 14.2 Å². The van der Waals surface area contributed by atoms with Crippen molar-refractivity contribution in [1.29, 1.82) is 0 Å². The Labute approximate surface area is 133 Å². The van der Waals surface area contributed by atoms with Crippen molar-refractivity contribution in [1.82, 2.24) is 0 Å². The van der Waals surface area contributed by atoms with E-state index in [1.165, 1.54) is 19.3 Å². The van der Waals surface area contributed by atoms with Gasteiger partial charge in [-0.1, -0.05) is 38.3 Å². The van der Waals surface area contributed by atoms with Crippen LogP contribution in [0.15, 0.2) is 24.3 Å². The predicted molar refractivity (Wildman–Crippen MR) is 87.8 cm³/mol. The van der Waals surface area contributed by atoms with E-state index >= 15 is 0 Å². The lowest BCUT2D eigenvalue weighted by Crippen LogP contribution is -2.44. The van der Waals surface area contributed by atoms with Gasteiger partial charge < -0.3 is 19.9 Å². The predicted octanol–water partition coefficient (Wildman–Crippen LogP) is 3.62. The van der Waals surface area contributed by atoms with Crippen LogP contribution in [0.5, 0.6) is 5.75 Å². The SMILES string of the molecule is CCCCC[C@@H]1O[C@@H](OCc2ccc(OC)cc2)CC[C@H]1N. The van der Waals surface area contributed by atoms with Crippen molar-refractivity contribution >= 4 is 0 Å². The smallest absolute Gasteiger partial charge is 0.158 e. The molecule has 1 aliphatic rings. The van der Waals surface area contributed by atoms with Crippen LogP contribution in [-0.2, 0) is 16.1 Å². The van der Waals surface area contributed by atoms with Gasteiger partial charge in [-0.2, -0.15) is 0 Å². The third kappa shape index (κ3) is 5.27. The zero-order valence-electron chi connectivity index (χ0n) is 13.8. The van der Waals surface area contributed by atoms with Crippen molar-refractivity contribution in [2.75, 3.05) is 7.11 Å². The lowest BCUT2D eigenvalue weighted by atomic mass is 9.98. The molecular weight excluding hydrogens is 278 g/mol. The van der Waals surface area contributed by atoms with Crippen LogP contribution in [0.2, 0.25) is 0 Å². The molecule has 1 saturated heterocycles. The molecular formula is C18H29NO3. The average molecular weight is 307 g/mol. The minimum atomic E-state index is -0.131. The molecule has 1 heterocycles. The fourth-order valence-corrected chi connectivity index (χ4v) is 2.79. The normalized spacial score (nSPS) is 25.1. The molecule has 3 atom stereocenters. The van der Waals surface area contributed by atoms with E-state index in [9.17, 15) is 0 Å². The Kier molecular flexibility index (Phi) is 7.16. The van der Waals surface area contributed by atoms with Crippen LogP contribution in [-0.4, -0.2) is 25.5 Å². The minimum absolute atomic E-state index is 0.131. The number of nitrogens with two attached hydrogens (primary N) is 1. The van der Waals surface area contributed by atoms with Crippen LogP contribution in [0.3, 0.4) is 0 Å². The lowest BCUT2D eigenvalue weighted by Gasteiger charge is -2.34. The molecule has 1 aromatic rings. The van der Waals surface area contributed by atoms with E-state index in [2.05, 4.69) is 6.92 Å². The Balaban J connectivity index is 1.76. The molecule has 1 aliphatic heterocycles. The summed E-state index contributed by atoms with van der Waals surface area (Å²) < 4.78 is 17.1. The molecule has 4 nitrogen and oxygen atoms in total. The molecule has 1 aromatic carbocycles. The monoisotopic (exact) mass is 307 g/mol. The van der Waals surface area contributed by atoms with Crippen molar-refractivity contribution in [3.05, 3.63) is 29.8 Å². The molecule has 0 aliphatic carbocycles. The standard InChI is InChI=1S/C18H29NO3/c1-3-4-5-6-17-16(19)11-12-18(22-17)21-13-14-7-9-15(20-2)10-8-14/h7-10,16-18H,3-6,11-13,19H2,1-2H3/t16-,17+,18-/m1/s1. The Morgan fingerprint density at radius 3 is 2.64 bits per heavy atom. The molecule has 22 heavy (non-hydrogen) atoms. The average Bonchev–Trinajstić information content (AvgIpc) is 2.56. The maximum absolute atomic E-state index is 6.17. The van der Waals surface area contributed by atoms with E-state index in [1.807, 2.05) is 24.3 Å². The Morgan fingerprint density at radius 1 is 1.18 bits per heavy atom. The summed E-state index contributed by atoms with van der Waals surface area (Å²) in [5.41, 5.74) is 7.29. The summed E-state index contributed by atoms with van der Waals surface area (Å²) in [6.07, 6.45) is 6.54. The molecule has 0 aromatic heterocycles. The van der Waals surface area contributed by atoms with E-state index in [-0.39, 0.29) is 18.4 Å². The van der Waals surface area contributed by atoms with Crippen LogP contribution in [0, 0.1) is 0 Å². The summed E-state index contributed by atoms with van der Waals surface area (Å²) in [6, 6.07) is 8.09. The number of hydrogen-bond acceptors (Lipinski definition) is 4. The fourth-order valence-electron chi connectivity index (χ4n) is 2.79. The van der Waals surface area contributed by atoms with E-state index in [1.54, 1.807) is 7.11 Å². The molecule has 0 amide bonds. The quantitative estimate of drug-likeness (QED) is 0.745. The summed E-state index contributed by atoms with van der Waals surface area (Å²) >= 11 is 0.